The molecule has 3 aromatic rings. The fraction of sp³-hybridized carbons (Fsp3) is 0.312. The van der Waals surface area contributed by atoms with Gasteiger partial charge < -0.3 is 4.98 Å². The quantitative estimate of drug-likeness (QED) is 0.771. The van der Waals surface area contributed by atoms with Gasteiger partial charge in [0, 0.05) is 18.4 Å². The molecule has 0 amide bonds. The highest BCUT2D eigenvalue weighted by molar-refractivity contribution is 5.74. The number of rotatable bonds is 4. The van der Waals surface area contributed by atoms with Crippen molar-refractivity contribution in [3.05, 3.63) is 53.9 Å². The van der Waals surface area contributed by atoms with E-state index >= 15 is 0 Å². The van der Waals surface area contributed by atoms with Crippen molar-refractivity contribution < 1.29 is 0 Å². The Balaban J connectivity index is 1.79. The molecular formula is C16H19N5. The molecule has 2 atom stereocenters. The third kappa shape index (κ3) is 2.78. The summed E-state index contributed by atoms with van der Waals surface area (Å²) < 4.78 is 0. The van der Waals surface area contributed by atoms with E-state index in [1.54, 1.807) is 12.4 Å². The fourth-order valence-corrected chi connectivity index (χ4v) is 2.55. The Morgan fingerprint density at radius 1 is 1.05 bits per heavy atom. The maximum absolute atomic E-state index is 4.63. The highest BCUT2D eigenvalue weighted by atomic mass is 15.0. The van der Waals surface area contributed by atoms with E-state index in [1.165, 1.54) is 0 Å². The van der Waals surface area contributed by atoms with Crippen molar-refractivity contribution in [1.29, 1.82) is 0 Å². The molecule has 108 valence electrons. The average molecular weight is 281 g/mol. The summed E-state index contributed by atoms with van der Waals surface area (Å²) in [7, 11) is 0. The van der Waals surface area contributed by atoms with Crippen molar-refractivity contribution in [1.82, 2.24) is 25.3 Å². The van der Waals surface area contributed by atoms with E-state index < -0.39 is 0 Å². The average Bonchev–Trinajstić information content (AvgIpc) is 2.91. The zero-order chi connectivity index (χ0) is 14.8. The van der Waals surface area contributed by atoms with Crippen molar-refractivity contribution in [2.24, 2.45) is 0 Å². The zero-order valence-corrected chi connectivity index (χ0v) is 12.5. The molecule has 2 N–H and O–H groups in total. The first-order chi connectivity index (χ1) is 10.1. The highest BCUT2D eigenvalue weighted by Gasteiger charge is 2.16. The standard InChI is InChI=1S/C16H19N5/c1-10-15(18-9-8-17-10)11(2)19-12(3)16-20-13-6-4-5-7-14(13)21-16/h4-9,11-12,19H,1-3H3,(H,20,21). The number of benzene rings is 1. The normalized spacial score (nSPS) is 14.2. The van der Waals surface area contributed by atoms with Gasteiger partial charge in [-0.2, -0.15) is 0 Å². The molecule has 0 aliphatic rings. The first-order valence-electron chi connectivity index (χ1n) is 7.13. The molecule has 2 aromatic heterocycles. The molecule has 0 spiro atoms. The molecule has 0 aliphatic heterocycles. The van der Waals surface area contributed by atoms with E-state index in [1.807, 2.05) is 31.2 Å². The van der Waals surface area contributed by atoms with Crippen molar-refractivity contribution >= 4 is 11.0 Å². The Kier molecular flexibility index (Phi) is 3.66. The fourth-order valence-electron chi connectivity index (χ4n) is 2.55. The number of hydrogen-bond acceptors (Lipinski definition) is 4. The number of nitrogens with one attached hydrogen (secondary N) is 2. The van der Waals surface area contributed by atoms with Crippen LogP contribution in [0, 0.1) is 6.92 Å². The summed E-state index contributed by atoms with van der Waals surface area (Å²) >= 11 is 0. The van der Waals surface area contributed by atoms with Crippen molar-refractivity contribution in [3.63, 3.8) is 0 Å². The lowest BCUT2D eigenvalue weighted by Crippen LogP contribution is -2.24. The maximum Gasteiger partial charge on any atom is 0.124 e. The maximum atomic E-state index is 4.63. The molecule has 0 fully saturated rings. The van der Waals surface area contributed by atoms with Gasteiger partial charge in [-0.3, -0.25) is 15.3 Å². The monoisotopic (exact) mass is 281 g/mol. The van der Waals surface area contributed by atoms with Crippen LogP contribution in [0.25, 0.3) is 11.0 Å². The van der Waals surface area contributed by atoms with Gasteiger partial charge in [-0.1, -0.05) is 12.1 Å². The van der Waals surface area contributed by atoms with Crippen LogP contribution < -0.4 is 5.32 Å². The summed E-state index contributed by atoms with van der Waals surface area (Å²) in [4.78, 5) is 16.7. The predicted octanol–water partition coefficient (Wildman–Crippen LogP) is 3.07. The minimum absolute atomic E-state index is 0.105. The lowest BCUT2D eigenvalue weighted by molar-refractivity contribution is 0.469. The van der Waals surface area contributed by atoms with Crippen molar-refractivity contribution in [2.45, 2.75) is 32.9 Å². The molecule has 5 heteroatoms. The van der Waals surface area contributed by atoms with Crippen LogP contribution in [0.2, 0.25) is 0 Å². The smallest absolute Gasteiger partial charge is 0.124 e. The Labute approximate surface area is 123 Å². The second-order valence-corrected chi connectivity index (χ2v) is 5.28. The molecule has 0 saturated heterocycles. The van der Waals surface area contributed by atoms with Crippen molar-refractivity contribution in [2.75, 3.05) is 0 Å². The van der Waals surface area contributed by atoms with Gasteiger partial charge in [-0.15, -0.1) is 0 Å². The summed E-state index contributed by atoms with van der Waals surface area (Å²) in [5.41, 5.74) is 3.98. The number of aromatic nitrogens is 4. The number of fused-ring (bicyclic) bond motifs is 1. The topological polar surface area (TPSA) is 66.5 Å². The molecule has 5 nitrogen and oxygen atoms in total. The third-order valence-corrected chi connectivity index (χ3v) is 3.65. The zero-order valence-electron chi connectivity index (χ0n) is 12.5. The lowest BCUT2D eigenvalue weighted by atomic mass is 10.1. The van der Waals surface area contributed by atoms with E-state index in [0.717, 1.165) is 28.2 Å². The van der Waals surface area contributed by atoms with E-state index in [2.05, 4.69) is 39.1 Å². The molecule has 0 radical (unpaired) electrons. The Hall–Kier alpha value is -2.27. The number of aryl methyl sites for hydroxylation is 1. The molecule has 0 aliphatic carbocycles. The number of hydrogen-bond donors (Lipinski definition) is 2. The highest BCUT2D eigenvalue weighted by Crippen LogP contribution is 2.20. The second kappa shape index (κ2) is 5.61. The van der Waals surface area contributed by atoms with Crippen LogP contribution in [-0.4, -0.2) is 19.9 Å². The molecule has 21 heavy (non-hydrogen) atoms. The van der Waals surface area contributed by atoms with Gasteiger partial charge in [0.05, 0.1) is 28.5 Å². The van der Waals surface area contributed by atoms with E-state index in [9.17, 15) is 0 Å². The van der Waals surface area contributed by atoms with E-state index in [-0.39, 0.29) is 12.1 Å². The van der Waals surface area contributed by atoms with Gasteiger partial charge in [-0.25, -0.2) is 4.98 Å². The summed E-state index contributed by atoms with van der Waals surface area (Å²) in [6, 6.07) is 8.27. The summed E-state index contributed by atoms with van der Waals surface area (Å²) in [5.74, 6) is 0.935. The minimum Gasteiger partial charge on any atom is -0.341 e. The SMILES string of the molecule is Cc1nccnc1C(C)NC(C)c1nc2ccccc2[nH]1. The van der Waals surface area contributed by atoms with E-state index in [0.29, 0.717) is 0 Å². The third-order valence-electron chi connectivity index (χ3n) is 3.65. The lowest BCUT2D eigenvalue weighted by Gasteiger charge is -2.19. The molecular weight excluding hydrogens is 262 g/mol. The van der Waals surface area contributed by atoms with Gasteiger partial charge in [-0.05, 0) is 32.9 Å². The number of nitrogens with zero attached hydrogens (tertiary/aromatic N) is 3. The number of para-hydroxylation sites is 2. The summed E-state index contributed by atoms with van der Waals surface area (Å²) in [6.07, 6.45) is 3.45. The molecule has 3 rings (SSSR count). The van der Waals surface area contributed by atoms with Crippen LogP contribution in [0.5, 0.6) is 0 Å². The largest absolute Gasteiger partial charge is 0.341 e. The van der Waals surface area contributed by atoms with Gasteiger partial charge in [0.15, 0.2) is 0 Å². The van der Waals surface area contributed by atoms with Crippen LogP contribution in [0.4, 0.5) is 0 Å². The number of aromatic amines is 1. The Morgan fingerprint density at radius 3 is 2.57 bits per heavy atom. The predicted molar refractivity (Wildman–Crippen MR) is 82.8 cm³/mol. The first-order valence-corrected chi connectivity index (χ1v) is 7.13. The molecule has 2 unspecified atom stereocenters. The van der Waals surface area contributed by atoms with Gasteiger partial charge in [0.25, 0.3) is 0 Å². The van der Waals surface area contributed by atoms with Crippen molar-refractivity contribution in [3.8, 4) is 0 Å². The molecule has 2 heterocycles. The number of H-pyrrole nitrogens is 1. The van der Waals surface area contributed by atoms with Crippen LogP contribution in [0.1, 0.15) is 43.1 Å². The van der Waals surface area contributed by atoms with Gasteiger partial charge in [0.1, 0.15) is 5.82 Å². The Bertz CT molecular complexity index is 716. The molecule has 1 aromatic carbocycles. The van der Waals surface area contributed by atoms with E-state index in [4.69, 9.17) is 0 Å². The van der Waals surface area contributed by atoms with Crippen LogP contribution in [0.3, 0.4) is 0 Å². The second-order valence-electron chi connectivity index (χ2n) is 5.28. The van der Waals surface area contributed by atoms with Gasteiger partial charge in [0.2, 0.25) is 0 Å². The Morgan fingerprint density at radius 2 is 1.81 bits per heavy atom. The number of imidazole rings is 1. The minimum atomic E-state index is 0.105. The molecule has 0 saturated carbocycles. The molecule has 0 bridgehead atoms. The van der Waals surface area contributed by atoms with Gasteiger partial charge >= 0.3 is 0 Å². The first kappa shape index (κ1) is 13.7. The van der Waals surface area contributed by atoms with Crippen LogP contribution in [0.15, 0.2) is 36.7 Å². The summed E-state index contributed by atoms with van der Waals surface area (Å²) in [5, 5.41) is 3.52. The summed E-state index contributed by atoms with van der Waals surface area (Å²) in [6.45, 7) is 6.17. The van der Waals surface area contributed by atoms with Crippen LogP contribution in [-0.2, 0) is 0 Å². The van der Waals surface area contributed by atoms with Crippen LogP contribution >= 0.6 is 0 Å².